The summed E-state index contributed by atoms with van der Waals surface area (Å²) in [4.78, 5) is 4.09. The Morgan fingerprint density at radius 1 is 1.15 bits per heavy atom. The van der Waals surface area contributed by atoms with Crippen molar-refractivity contribution >= 4 is 11.9 Å². The molecule has 2 rings (SSSR count). The van der Waals surface area contributed by atoms with Gasteiger partial charge in [-0.3, -0.25) is 9.71 Å². The van der Waals surface area contributed by atoms with E-state index in [1.807, 2.05) is 42.6 Å². The third-order valence-corrected chi connectivity index (χ3v) is 3.65. The number of hydrogen-bond acceptors (Lipinski definition) is 3. The zero-order valence-electron chi connectivity index (χ0n) is 11.7. The number of halogens is 1. The van der Waals surface area contributed by atoms with Crippen molar-refractivity contribution in [1.82, 2.24) is 9.71 Å². The molecule has 1 aromatic heterocycles. The summed E-state index contributed by atoms with van der Waals surface area (Å²) in [6.07, 6.45) is 2.57. The van der Waals surface area contributed by atoms with E-state index in [4.69, 9.17) is 0 Å². The number of pyridine rings is 1. The molecular formula is C16H19FN2S. The van der Waals surface area contributed by atoms with Crippen LogP contribution in [0.2, 0.25) is 0 Å². The van der Waals surface area contributed by atoms with E-state index in [9.17, 15) is 4.39 Å². The van der Waals surface area contributed by atoms with E-state index in [1.165, 1.54) is 0 Å². The second-order valence-corrected chi connectivity index (χ2v) is 6.31. The van der Waals surface area contributed by atoms with Gasteiger partial charge in [0.15, 0.2) is 0 Å². The van der Waals surface area contributed by atoms with Crippen LogP contribution in [0, 0.1) is 0 Å². The van der Waals surface area contributed by atoms with Gasteiger partial charge < -0.3 is 0 Å². The standard InChI is InChI=1S/C16H19FN2S/c1-12(2)20-19-11-16(17)14-7-5-13(6-8-14)15-4-3-9-18-10-15/h3-10,12,16,19H,11H2,1-2H3. The molecule has 4 heteroatoms. The summed E-state index contributed by atoms with van der Waals surface area (Å²) in [6, 6.07) is 11.5. The van der Waals surface area contributed by atoms with Crippen LogP contribution >= 0.6 is 11.9 Å². The Morgan fingerprint density at radius 3 is 2.50 bits per heavy atom. The molecule has 0 saturated heterocycles. The van der Waals surface area contributed by atoms with Gasteiger partial charge in [0.2, 0.25) is 0 Å². The monoisotopic (exact) mass is 290 g/mol. The average molecular weight is 290 g/mol. The van der Waals surface area contributed by atoms with E-state index in [2.05, 4.69) is 23.6 Å². The van der Waals surface area contributed by atoms with Crippen molar-refractivity contribution in [2.24, 2.45) is 0 Å². The molecule has 0 spiro atoms. The van der Waals surface area contributed by atoms with Gasteiger partial charge >= 0.3 is 0 Å². The maximum absolute atomic E-state index is 14.0. The number of hydrogen-bond donors (Lipinski definition) is 1. The van der Waals surface area contributed by atoms with Gasteiger partial charge in [0.05, 0.1) is 0 Å². The van der Waals surface area contributed by atoms with Crippen LogP contribution in [0.3, 0.4) is 0 Å². The predicted molar refractivity (Wildman–Crippen MR) is 84.3 cm³/mol. The van der Waals surface area contributed by atoms with Crippen LogP contribution in [0.5, 0.6) is 0 Å². The Balaban J connectivity index is 1.97. The number of alkyl halides is 1. The number of nitrogens with one attached hydrogen (secondary N) is 1. The van der Waals surface area contributed by atoms with Gasteiger partial charge in [-0.2, -0.15) is 0 Å². The summed E-state index contributed by atoms with van der Waals surface area (Å²) in [5, 5.41) is 0.454. The zero-order valence-corrected chi connectivity index (χ0v) is 12.5. The number of rotatable bonds is 6. The van der Waals surface area contributed by atoms with Crippen molar-refractivity contribution in [3.8, 4) is 11.1 Å². The van der Waals surface area contributed by atoms with Crippen LogP contribution < -0.4 is 4.72 Å². The summed E-state index contributed by atoms with van der Waals surface area (Å²) in [5.41, 5.74) is 2.80. The highest BCUT2D eigenvalue weighted by Gasteiger charge is 2.10. The maximum Gasteiger partial charge on any atom is 0.138 e. The van der Waals surface area contributed by atoms with Crippen molar-refractivity contribution in [1.29, 1.82) is 0 Å². The second-order valence-electron chi connectivity index (χ2n) is 4.85. The Labute approximate surface area is 124 Å². The molecule has 2 nitrogen and oxygen atoms in total. The summed E-state index contributed by atoms with van der Waals surface area (Å²) in [5.74, 6) is 0. The summed E-state index contributed by atoms with van der Waals surface area (Å²) >= 11 is 1.56. The van der Waals surface area contributed by atoms with Crippen LogP contribution in [0.4, 0.5) is 4.39 Å². The highest BCUT2D eigenvalue weighted by Crippen LogP contribution is 2.23. The summed E-state index contributed by atoms with van der Waals surface area (Å²) in [6.45, 7) is 4.48. The molecule has 0 saturated carbocycles. The Kier molecular flexibility index (Phi) is 5.56. The molecule has 1 aromatic carbocycles. The molecule has 0 bridgehead atoms. The molecule has 20 heavy (non-hydrogen) atoms. The van der Waals surface area contributed by atoms with Crippen LogP contribution in [0.15, 0.2) is 48.8 Å². The quantitative estimate of drug-likeness (QED) is 0.798. The van der Waals surface area contributed by atoms with Crippen molar-refractivity contribution in [2.75, 3.05) is 6.54 Å². The maximum atomic E-state index is 14.0. The fraction of sp³-hybridized carbons (Fsp3) is 0.312. The predicted octanol–water partition coefficient (Wildman–Crippen LogP) is 4.41. The lowest BCUT2D eigenvalue weighted by atomic mass is 10.0. The molecule has 0 aliphatic carbocycles. The zero-order chi connectivity index (χ0) is 14.4. The minimum atomic E-state index is -0.982. The van der Waals surface area contributed by atoms with Crippen molar-refractivity contribution in [3.05, 3.63) is 54.4 Å². The van der Waals surface area contributed by atoms with Gasteiger partial charge in [0, 0.05) is 24.2 Å². The van der Waals surface area contributed by atoms with Gasteiger partial charge in [-0.1, -0.05) is 56.1 Å². The van der Waals surface area contributed by atoms with E-state index in [0.717, 1.165) is 11.1 Å². The van der Waals surface area contributed by atoms with Gasteiger partial charge in [-0.25, -0.2) is 4.39 Å². The van der Waals surface area contributed by atoms with E-state index in [0.29, 0.717) is 17.4 Å². The number of aromatic nitrogens is 1. The first-order valence-corrected chi connectivity index (χ1v) is 7.57. The normalized spacial score (nSPS) is 12.6. The lowest BCUT2D eigenvalue weighted by molar-refractivity contribution is 0.346. The molecule has 1 heterocycles. The highest BCUT2D eigenvalue weighted by molar-refractivity contribution is 7.97. The van der Waals surface area contributed by atoms with Crippen molar-refractivity contribution in [2.45, 2.75) is 25.3 Å². The van der Waals surface area contributed by atoms with E-state index < -0.39 is 6.17 Å². The van der Waals surface area contributed by atoms with E-state index in [1.54, 1.807) is 18.1 Å². The molecule has 106 valence electrons. The second kappa shape index (κ2) is 7.41. The minimum absolute atomic E-state index is 0.328. The molecule has 1 N–H and O–H groups in total. The summed E-state index contributed by atoms with van der Waals surface area (Å²) in [7, 11) is 0. The van der Waals surface area contributed by atoms with Gasteiger partial charge in [0.25, 0.3) is 0 Å². The average Bonchev–Trinajstić information content (AvgIpc) is 2.48. The topological polar surface area (TPSA) is 24.9 Å². The molecule has 1 atom stereocenters. The molecule has 2 aromatic rings. The van der Waals surface area contributed by atoms with E-state index in [-0.39, 0.29) is 0 Å². The van der Waals surface area contributed by atoms with Gasteiger partial charge in [0.1, 0.15) is 6.17 Å². The largest absolute Gasteiger partial charge is 0.264 e. The van der Waals surface area contributed by atoms with E-state index >= 15 is 0 Å². The smallest absolute Gasteiger partial charge is 0.138 e. The Bertz CT molecular complexity index is 514. The molecule has 1 unspecified atom stereocenters. The first-order valence-electron chi connectivity index (χ1n) is 6.70. The van der Waals surface area contributed by atoms with Crippen LogP contribution in [-0.2, 0) is 0 Å². The fourth-order valence-corrected chi connectivity index (χ4v) is 2.40. The number of benzene rings is 1. The molecule has 0 fully saturated rings. The fourth-order valence-electron chi connectivity index (χ4n) is 1.82. The SMILES string of the molecule is CC(C)SNCC(F)c1ccc(-c2cccnc2)cc1. The number of nitrogens with zero attached hydrogens (tertiary/aromatic N) is 1. The molecular weight excluding hydrogens is 271 g/mol. The lowest BCUT2D eigenvalue weighted by Crippen LogP contribution is -2.14. The highest BCUT2D eigenvalue weighted by atomic mass is 32.2. The van der Waals surface area contributed by atoms with Crippen molar-refractivity contribution < 1.29 is 4.39 Å². The molecule has 0 amide bonds. The van der Waals surface area contributed by atoms with Crippen LogP contribution in [0.1, 0.15) is 25.6 Å². The first-order chi connectivity index (χ1) is 9.66. The lowest BCUT2D eigenvalue weighted by Gasteiger charge is -2.11. The first kappa shape index (κ1) is 15.0. The minimum Gasteiger partial charge on any atom is -0.264 e. The van der Waals surface area contributed by atoms with Crippen molar-refractivity contribution in [3.63, 3.8) is 0 Å². The Hall–Kier alpha value is -1.39. The Morgan fingerprint density at radius 2 is 1.90 bits per heavy atom. The summed E-state index contributed by atoms with van der Waals surface area (Å²) < 4.78 is 17.1. The van der Waals surface area contributed by atoms with Gasteiger partial charge in [-0.05, 0) is 22.8 Å². The third kappa shape index (κ3) is 4.32. The molecule has 0 aliphatic heterocycles. The van der Waals surface area contributed by atoms with Crippen LogP contribution in [0.25, 0.3) is 11.1 Å². The van der Waals surface area contributed by atoms with Crippen LogP contribution in [-0.4, -0.2) is 16.8 Å². The molecule has 0 radical (unpaired) electrons. The van der Waals surface area contributed by atoms with Gasteiger partial charge in [-0.15, -0.1) is 0 Å². The molecule has 0 aliphatic rings. The third-order valence-electron chi connectivity index (χ3n) is 2.85.